The Kier molecular flexibility index (Phi) is 3.75. The molecular formula is C8H12O6P2. The second-order valence-electron chi connectivity index (χ2n) is 3.41. The van der Waals surface area contributed by atoms with Crippen LogP contribution in [-0.4, -0.2) is 19.6 Å². The fraction of sp³-hybridized carbons (Fsp3) is 0.250. The second-order valence-corrected chi connectivity index (χ2v) is 7.20. The van der Waals surface area contributed by atoms with E-state index >= 15 is 0 Å². The first-order chi connectivity index (χ1) is 7.14. The molecule has 0 aliphatic rings. The van der Waals surface area contributed by atoms with Gasteiger partial charge in [-0.15, -0.1) is 0 Å². The van der Waals surface area contributed by atoms with Crippen LogP contribution in [0.5, 0.6) is 0 Å². The van der Waals surface area contributed by atoms with Crippen molar-refractivity contribution in [2.45, 2.75) is 12.3 Å². The van der Waals surface area contributed by atoms with Crippen LogP contribution in [0.4, 0.5) is 0 Å². The van der Waals surface area contributed by atoms with Crippen molar-refractivity contribution in [2.75, 3.05) is 0 Å². The summed E-state index contributed by atoms with van der Waals surface area (Å²) >= 11 is 0. The van der Waals surface area contributed by atoms with Crippen molar-refractivity contribution in [3.8, 4) is 0 Å². The van der Waals surface area contributed by atoms with E-state index in [0.717, 1.165) is 0 Å². The Bertz CT molecular complexity index is 451. The molecule has 0 spiro atoms. The van der Waals surface area contributed by atoms with Gasteiger partial charge in [-0.3, -0.25) is 9.13 Å². The van der Waals surface area contributed by atoms with E-state index in [9.17, 15) is 9.13 Å². The second kappa shape index (κ2) is 4.41. The highest BCUT2D eigenvalue weighted by atomic mass is 31.2. The van der Waals surface area contributed by atoms with E-state index in [1.807, 2.05) is 0 Å². The molecule has 0 saturated heterocycles. The summed E-state index contributed by atoms with van der Waals surface area (Å²) < 4.78 is 22.3. The van der Waals surface area contributed by atoms with Crippen LogP contribution < -0.4 is 0 Å². The maximum atomic E-state index is 11.1. The maximum Gasteiger partial charge on any atom is 0.345 e. The van der Waals surface area contributed by atoms with Gasteiger partial charge >= 0.3 is 15.2 Å². The third-order valence-corrected chi connectivity index (χ3v) is 5.74. The Morgan fingerprint density at radius 1 is 1.00 bits per heavy atom. The van der Waals surface area contributed by atoms with E-state index in [2.05, 4.69) is 0 Å². The molecule has 0 aliphatic carbocycles. The van der Waals surface area contributed by atoms with Crippen molar-refractivity contribution in [3.63, 3.8) is 0 Å². The maximum absolute atomic E-state index is 11.1. The zero-order valence-corrected chi connectivity index (χ0v) is 10.2. The summed E-state index contributed by atoms with van der Waals surface area (Å²) in [4.78, 5) is 36.0. The molecule has 0 atom stereocenters. The fourth-order valence-corrected chi connectivity index (χ4v) is 4.31. The SMILES string of the molecule is Cc1ccccc1C(P(=O)(O)O)P(=O)(O)O. The van der Waals surface area contributed by atoms with E-state index < -0.39 is 20.6 Å². The fourth-order valence-electron chi connectivity index (χ4n) is 1.43. The average Bonchev–Trinajstić information content (AvgIpc) is 2.03. The van der Waals surface area contributed by atoms with Gasteiger partial charge in [0.05, 0.1) is 0 Å². The van der Waals surface area contributed by atoms with Gasteiger partial charge in [-0.2, -0.15) is 0 Å². The average molecular weight is 266 g/mol. The normalized spacial score (nSPS) is 13.1. The van der Waals surface area contributed by atoms with Crippen molar-refractivity contribution >= 4 is 15.2 Å². The lowest BCUT2D eigenvalue weighted by Crippen LogP contribution is -2.03. The molecule has 0 fully saturated rings. The van der Waals surface area contributed by atoms with Crippen LogP contribution in [0.3, 0.4) is 0 Å². The number of hydrogen-bond acceptors (Lipinski definition) is 2. The Labute approximate surface area is 92.3 Å². The standard InChI is InChI=1S/C8H12O6P2/c1-6-4-2-3-5-7(6)8(15(9,10)11)16(12,13)14/h2-5,8H,1H3,(H2,9,10,11)(H2,12,13,14). The van der Waals surface area contributed by atoms with Crippen molar-refractivity contribution in [1.29, 1.82) is 0 Å². The summed E-state index contributed by atoms with van der Waals surface area (Å²) in [6.07, 6.45) is 0. The first-order valence-electron chi connectivity index (χ1n) is 4.30. The molecule has 90 valence electrons. The topological polar surface area (TPSA) is 115 Å². The van der Waals surface area contributed by atoms with Gasteiger partial charge < -0.3 is 19.6 Å². The van der Waals surface area contributed by atoms with E-state index in [1.165, 1.54) is 25.1 Å². The molecule has 1 aromatic carbocycles. The molecule has 8 heteroatoms. The van der Waals surface area contributed by atoms with Gasteiger partial charge in [-0.25, -0.2) is 0 Å². The zero-order valence-electron chi connectivity index (χ0n) is 8.39. The van der Waals surface area contributed by atoms with E-state index in [0.29, 0.717) is 5.56 Å². The monoisotopic (exact) mass is 266 g/mol. The Hall–Kier alpha value is -0.480. The Morgan fingerprint density at radius 2 is 1.44 bits per heavy atom. The summed E-state index contributed by atoms with van der Waals surface area (Å²) in [7, 11) is -9.82. The smallest absolute Gasteiger partial charge is 0.324 e. The summed E-state index contributed by atoms with van der Waals surface area (Å²) in [6.45, 7) is 1.54. The minimum atomic E-state index is -4.91. The van der Waals surface area contributed by atoms with Gasteiger partial charge in [-0.05, 0) is 18.1 Å². The predicted molar refractivity (Wildman–Crippen MR) is 58.0 cm³/mol. The van der Waals surface area contributed by atoms with Crippen LogP contribution in [0, 0.1) is 6.92 Å². The number of benzene rings is 1. The molecule has 0 unspecified atom stereocenters. The molecule has 0 saturated carbocycles. The van der Waals surface area contributed by atoms with Gasteiger partial charge in [0, 0.05) is 0 Å². The van der Waals surface area contributed by atoms with Crippen LogP contribution in [-0.2, 0) is 9.13 Å². The van der Waals surface area contributed by atoms with Gasteiger partial charge in [0.25, 0.3) is 0 Å². The van der Waals surface area contributed by atoms with Crippen molar-refractivity contribution < 1.29 is 28.7 Å². The zero-order chi connectivity index (χ0) is 12.6. The highest BCUT2D eigenvalue weighted by Gasteiger charge is 2.45. The number of aryl methyl sites for hydroxylation is 1. The summed E-state index contributed by atoms with van der Waals surface area (Å²) in [5.41, 5.74) is 0.406. The molecule has 16 heavy (non-hydrogen) atoms. The highest BCUT2D eigenvalue weighted by molar-refractivity contribution is 7.70. The summed E-state index contributed by atoms with van der Waals surface area (Å²) in [6, 6.07) is 5.93. The number of hydrogen-bond donors (Lipinski definition) is 4. The van der Waals surface area contributed by atoms with E-state index in [-0.39, 0.29) is 5.56 Å². The number of rotatable bonds is 3. The molecule has 0 heterocycles. The molecule has 0 aromatic heterocycles. The quantitative estimate of drug-likeness (QED) is 0.614. The van der Waals surface area contributed by atoms with Crippen LogP contribution in [0.25, 0.3) is 0 Å². The van der Waals surface area contributed by atoms with Crippen molar-refractivity contribution in [1.82, 2.24) is 0 Å². The third kappa shape index (κ3) is 3.01. The molecule has 0 amide bonds. The van der Waals surface area contributed by atoms with Gasteiger partial charge in [0.2, 0.25) is 0 Å². The molecule has 1 aromatic rings. The lowest BCUT2D eigenvalue weighted by atomic mass is 10.1. The molecule has 1 rings (SSSR count). The van der Waals surface area contributed by atoms with Crippen molar-refractivity contribution in [3.05, 3.63) is 35.4 Å². The molecular weight excluding hydrogens is 254 g/mol. The molecule has 4 N–H and O–H groups in total. The first kappa shape index (κ1) is 13.6. The largest absolute Gasteiger partial charge is 0.345 e. The Morgan fingerprint density at radius 3 is 1.81 bits per heavy atom. The highest BCUT2D eigenvalue weighted by Crippen LogP contribution is 2.70. The summed E-state index contributed by atoms with van der Waals surface area (Å²) in [5, 5.41) is -2.08. The lowest BCUT2D eigenvalue weighted by molar-refractivity contribution is 0.339. The predicted octanol–water partition coefficient (Wildman–Crippen LogP) is 1.35. The molecule has 6 nitrogen and oxygen atoms in total. The molecule has 0 bridgehead atoms. The van der Waals surface area contributed by atoms with Crippen LogP contribution in [0.1, 0.15) is 16.5 Å². The minimum absolute atomic E-state index is 0.0239. The van der Waals surface area contributed by atoms with Gasteiger partial charge in [0.1, 0.15) is 0 Å². The van der Waals surface area contributed by atoms with E-state index in [4.69, 9.17) is 19.6 Å². The van der Waals surface area contributed by atoms with Gasteiger partial charge in [0.15, 0.2) is 5.40 Å². The van der Waals surface area contributed by atoms with Gasteiger partial charge in [-0.1, -0.05) is 24.3 Å². The van der Waals surface area contributed by atoms with Crippen LogP contribution in [0.15, 0.2) is 24.3 Å². The van der Waals surface area contributed by atoms with E-state index in [1.54, 1.807) is 6.07 Å². The third-order valence-electron chi connectivity index (χ3n) is 2.10. The van der Waals surface area contributed by atoms with Crippen molar-refractivity contribution in [2.24, 2.45) is 0 Å². The lowest BCUT2D eigenvalue weighted by Gasteiger charge is -2.21. The van der Waals surface area contributed by atoms with Crippen LogP contribution in [0.2, 0.25) is 0 Å². The molecule has 0 aliphatic heterocycles. The van der Waals surface area contributed by atoms with Crippen LogP contribution >= 0.6 is 15.2 Å². The molecule has 0 radical (unpaired) electrons. The first-order valence-corrected chi connectivity index (χ1v) is 7.66. The minimum Gasteiger partial charge on any atom is -0.324 e. The Balaban J connectivity index is 3.41. The summed E-state index contributed by atoms with van der Waals surface area (Å²) in [5.74, 6) is 0.